The fraction of sp³-hybridized carbons (Fsp3) is 0.450. The minimum absolute atomic E-state index is 0.0538. The number of carbonyl (C=O) groups excluding carboxylic acids is 1. The van der Waals surface area contributed by atoms with E-state index in [9.17, 15) is 14.3 Å². The first kappa shape index (κ1) is 21.6. The molecule has 4 rings (SSSR count). The van der Waals surface area contributed by atoms with Crippen LogP contribution in [0.2, 0.25) is 0 Å². The van der Waals surface area contributed by atoms with Crippen LogP contribution < -0.4 is 5.32 Å². The first-order valence-corrected chi connectivity index (χ1v) is 10.4. The number of hydrogen-bond acceptors (Lipinski definition) is 4. The third-order valence-electron chi connectivity index (χ3n) is 5.71. The number of anilines is 1. The highest BCUT2D eigenvalue weighted by molar-refractivity contribution is 9.10. The van der Waals surface area contributed by atoms with Gasteiger partial charge in [0.25, 0.3) is 5.92 Å². The van der Waals surface area contributed by atoms with Crippen LogP contribution in [0.1, 0.15) is 36.7 Å². The number of aliphatic hydroxyl groups is 1. The topological polar surface area (TPSA) is 83.3 Å². The van der Waals surface area contributed by atoms with E-state index in [4.69, 9.17) is 6.42 Å². The molecule has 0 radical (unpaired) electrons. The summed E-state index contributed by atoms with van der Waals surface area (Å²) in [7, 11) is 0. The number of nitrogens with one attached hydrogen (secondary N) is 1. The number of amides is 2. The van der Waals surface area contributed by atoms with E-state index >= 15 is 8.78 Å². The molecule has 0 bridgehead atoms. The molecule has 0 aromatic carbocycles. The summed E-state index contributed by atoms with van der Waals surface area (Å²) in [6, 6.07) is 0.297. The largest absolute Gasteiger partial charge is 0.376 e. The predicted octanol–water partition coefficient (Wildman–Crippen LogP) is 3.41. The zero-order valence-electron chi connectivity index (χ0n) is 16.5. The summed E-state index contributed by atoms with van der Waals surface area (Å²) in [5, 5.41) is 17.2. The second-order valence-electron chi connectivity index (χ2n) is 7.89. The Balaban J connectivity index is 1.67. The molecule has 2 aliphatic heterocycles. The fourth-order valence-corrected chi connectivity index (χ4v) is 4.35. The zero-order valence-corrected chi connectivity index (χ0v) is 18.1. The number of aromatic nitrogens is 3. The molecule has 0 aliphatic carbocycles. The Morgan fingerprint density at radius 1 is 1.45 bits per heavy atom. The highest BCUT2D eigenvalue weighted by Gasteiger charge is 2.47. The molecule has 31 heavy (non-hydrogen) atoms. The van der Waals surface area contributed by atoms with Crippen LogP contribution in [-0.2, 0) is 25.4 Å². The summed E-state index contributed by atoms with van der Waals surface area (Å²) in [6.45, 7) is 1.37. The van der Waals surface area contributed by atoms with E-state index in [1.807, 2.05) is 0 Å². The van der Waals surface area contributed by atoms with E-state index in [0.717, 1.165) is 4.68 Å². The molecule has 4 heterocycles. The van der Waals surface area contributed by atoms with Crippen LogP contribution in [0.25, 0.3) is 0 Å². The van der Waals surface area contributed by atoms with Crippen molar-refractivity contribution in [3.63, 3.8) is 0 Å². The van der Waals surface area contributed by atoms with Gasteiger partial charge in [-0.2, -0.15) is 13.9 Å². The molecule has 0 unspecified atom stereocenters. The first-order chi connectivity index (χ1) is 14.5. The van der Waals surface area contributed by atoms with Crippen molar-refractivity contribution < 1.29 is 23.1 Å². The van der Waals surface area contributed by atoms with Gasteiger partial charge in [0.2, 0.25) is 0 Å². The number of pyridine rings is 1. The summed E-state index contributed by atoms with van der Waals surface area (Å²) >= 11 is 2.96. The Kier molecular flexibility index (Phi) is 5.26. The van der Waals surface area contributed by atoms with Crippen molar-refractivity contribution in [2.75, 3.05) is 5.32 Å². The van der Waals surface area contributed by atoms with Gasteiger partial charge in [0.1, 0.15) is 15.9 Å². The van der Waals surface area contributed by atoms with Gasteiger partial charge >= 0.3 is 6.03 Å². The third-order valence-corrected chi connectivity index (χ3v) is 6.26. The normalized spacial score (nSPS) is 24.5. The molecule has 2 aromatic rings. The highest BCUT2D eigenvalue weighted by Crippen LogP contribution is 2.43. The van der Waals surface area contributed by atoms with Gasteiger partial charge in [0, 0.05) is 30.6 Å². The molecule has 7 nitrogen and oxygen atoms in total. The average Bonchev–Trinajstić information content (AvgIpc) is 3.01. The minimum atomic E-state index is -3.27. The van der Waals surface area contributed by atoms with Crippen molar-refractivity contribution in [3.05, 3.63) is 39.6 Å². The predicted molar refractivity (Wildman–Crippen MR) is 109 cm³/mol. The number of hydrogen-bond donors (Lipinski definition) is 2. The van der Waals surface area contributed by atoms with Gasteiger partial charge in [0.15, 0.2) is 5.82 Å². The van der Waals surface area contributed by atoms with E-state index in [2.05, 4.69) is 37.2 Å². The number of carbonyl (C=O) groups is 1. The molecule has 0 saturated carbocycles. The van der Waals surface area contributed by atoms with Crippen LogP contribution >= 0.6 is 15.9 Å². The summed E-state index contributed by atoms with van der Waals surface area (Å²) in [5.74, 6) is -1.81. The van der Waals surface area contributed by atoms with E-state index < -0.39 is 29.8 Å². The molecule has 2 atom stereocenters. The molecule has 0 fully saturated rings. The monoisotopic (exact) mass is 497 g/mol. The fourth-order valence-electron chi connectivity index (χ4n) is 4.02. The lowest BCUT2D eigenvalue weighted by Crippen LogP contribution is -2.45. The Bertz CT molecular complexity index is 1100. The Morgan fingerprint density at radius 3 is 2.90 bits per heavy atom. The van der Waals surface area contributed by atoms with Crippen molar-refractivity contribution in [2.45, 2.75) is 56.8 Å². The summed E-state index contributed by atoms with van der Waals surface area (Å²) in [5.41, 5.74) is -1.47. The van der Waals surface area contributed by atoms with E-state index in [-0.39, 0.29) is 53.5 Å². The molecule has 164 valence electrons. The SMILES string of the molecule is C#C[C@@]1(O)CCC(F)(F)c2c3c(nn2C1)C[C@@H](C)N(C(=O)Nc1ccnc(Br)c1F)C3. The van der Waals surface area contributed by atoms with E-state index in [0.29, 0.717) is 5.69 Å². The number of rotatable bonds is 1. The molecule has 0 saturated heterocycles. The second-order valence-corrected chi connectivity index (χ2v) is 8.64. The summed E-state index contributed by atoms with van der Waals surface area (Å²) in [6.07, 6.45) is 6.02. The van der Waals surface area contributed by atoms with Gasteiger partial charge in [-0.3, -0.25) is 4.68 Å². The van der Waals surface area contributed by atoms with Crippen molar-refractivity contribution >= 4 is 27.6 Å². The van der Waals surface area contributed by atoms with Crippen molar-refractivity contribution in [3.8, 4) is 12.3 Å². The van der Waals surface area contributed by atoms with Crippen LogP contribution in [0.3, 0.4) is 0 Å². The van der Waals surface area contributed by atoms with Crippen LogP contribution in [0.4, 0.5) is 23.7 Å². The molecule has 11 heteroatoms. The van der Waals surface area contributed by atoms with Crippen molar-refractivity contribution in [1.29, 1.82) is 0 Å². The Hall–Kier alpha value is -2.58. The molecular formula is C20H19BrF3N5O2. The molecule has 0 spiro atoms. The van der Waals surface area contributed by atoms with Crippen LogP contribution in [-0.4, -0.2) is 42.4 Å². The zero-order chi connectivity index (χ0) is 22.6. The molecular weight excluding hydrogens is 479 g/mol. The Labute approximate surface area is 184 Å². The maximum absolute atomic E-state index is 15.0. The van der Waals surface area contributed by atoms with Crippen molar-refractivity contribution in [2.24, 2.45) is 0 Å². The Morgan fingerprint density at radius 2 is 2.19 bits per heavy atom. The van der Waals surface area contributed by atoms with Gasteiger partial charge in [-0.25, -0.2) is 14.2 Å². The summed E-state index contributed by atoms with van der Waals surface area (Å²) < 4.78 is 45.2. The number of urea groups is 1. The molecule has 2 aromatic heterocycles. The highest BCUT2D eigenvalue weighted by atomic mass is 79.9. The number of halogens is 4. The van der Waals surface area contributed by atoms with Crippen LogP contribution in [0.15, 0.2) is 16.9 Å². The lowest BCUT2D eigenvalue weighted by Gasteiger charge is -2.33. The average molecular weight is 498 g/mol. The summed E-state index contributed by atoms with van der Waals surface area (Å²) in [4.78, 5) is 17.9. The number of fused-ring (bicyclic) bond motifs is 3. The first-order valence-electron chi connectivity index (χ1n) is 9.59. The van der Waals surface area contributed by atoms with Crippen molar-refractivity contribution in [1.82, 2.24) is 19.7 Å². The number of terminal acetylenes is 1. The second kappa shape index (κ2) is 7.53. The smallest absolute Gasteiger partial charge is 0.322 e. The molecule has 2 amide bonds. The van der Waals surface area contributed by atoms with Crippen LogP contribution in [0.5, 0.6) is 0 Å². The van der Waals surface area contributed by atoms with Gasteiger partial charge in [-0.15, -0.1) is 6.42 Å². The van der Waals surface area contributed by atoms with Gasteiger partial charge in [-0.1, -0.05) is 5.92 Å². The maximum Gasteiger partial charge on any atom is 0.322 e. The van der Waals surface area contributed by atoms with E-state index in [1.54, 1.807) is 6.92 Å². The van der Waals surface area contributed by atoms with Gasteiger partial charge in [-0.05, 0) is 35.3 Å². The quantitative estimate of drug-likeness (QED) is 0.467. The molecule has 2 N–H and O–H groups in total. The lowest BCUT2D eigenvalue weighted by molar-refractivity contribution is -0.0301. The van der Waals surface area contributed by atoms with Gasteiger partial charge in [0.05, 0.1) is 24.5 Å². The number of nitrogens with zero attached hydrogens (tertiary/aromatic N) is 4. The third kappa shape index (κ3) is 3.78. The van der Waals surface area contributed by atoms with E-state index in [1.165, 1.54) is 17.2 Å². The molecule has 2 aliphatic rings. The lowest BCUT2D eigenvalue weighted by atomic mass is 9.94. The standard InChI is InChI=1S/C20H19BrF3N5O2/c1-3-19(31)5-6-20(23,24)16-12-9-28(11(2)8-14(12)27-29(16)10-19)18(30)26-13-4-7-25-17(21)15(13)22/h1,4,7,11,31H,5-6,8-10H2,2H3,(H,25,26,30)/t11-,19-/m1/s1. The number of alkyl halides is 2. The van der Waals surface area contributed by atoms with Gasteiger partial charge < -0.3 is 15.3 Å². The maximum atomic E-state index is 15.0. The minimum Gasteiger partial charge on any atom is -0.376 e. The van der Waals surface area contributed by atoms with Crippen LogP contribution in [0, 0.1) is 18.2 Å².